The van der Waals surface area contributed by atoms with E-state index >= 15 is 0 Å². The zero-order valence-electron chi connectivity index (χ0n) is 21.5. The third-order valence-corrected chi connectivity index (χ3v) is 8.43. The summed E-state index contributed by atoms with van der Waals surface area (Å²) in [6, 6.07) is 24.1. The van der Waals surface area contributed by atoms with Gasteiger partial charge in [0, 0.05) is 36.6 Å². The van der Waals surface area contributed by atoms with E-state index in [2.05, 4.69) is 133 Å². The molecule has 0 amide bonds. The van der Waals surface area contributed by atoms with Crippen molar-refractivity contribution >= 4 is 75.6 Å². The number of furan rings is 1. The molecule has 4 aromatic carbocycles. The third-order valence-electron chi connectivity index (χ3n) is 7.22. The Morgan fingerprint density at radius 1 is 0.583 bits per heavy atom. The number of rotatable bonds is 1. The lowest BCUT2D eigenvalue weighted by Gasteiger charge is -2.20. The molecular weight excluding hydrogens is 574 g/mol. The van der Waals surface area contributed by atoms with Crippen LogP contribution < -0.4 is 0 Å². The van der Waals surface area contributed by atoms with Crippen LogP contribution in [-0.4, -0.2) is 4.57 Å². The number of benzene rings is 4. The van der Waals surface area contributed by atoms with E-state index in [0.29, 0.717) is 0 Å². The van der Waals surface area contributed by atoms with Gasteiger partial charge in [0.05, 0.1) is 16.7 Å². The van der Waals surface area contributed by atoms with Crippen LogP contribution in [0, 0.1) is 0 Å². The van der Waals surface area contributed by atoms with Gasteiger partial charge in [0.15, 0.2) is 0 Å². The van der Waals surface area contributed by atoms with Crippen molar-refractivity contribution in [1.29, 1.82) is 0 Å². The van der Waals surface area contributed by atoms with Crippen LogP contribution in [0.1, 0.15) is 52.7 Å². The normalized spacial score (nSPS) is 13.0. The Morgan fingerprint density at radius 3 is 1.67 bits per heavy atom. The van der Waals surface area contributed by atoms with Crippen molar-refractivity contribution in [3.63, 3.8) is 0 Å². The molecule has 0 aliphatic rings. The van der Waals surface area contributed by atoms with Crippen molar-refractivity contribution in [1.82, 2.24) is 4.57 Å². The summed E-state index contributed by atoms with van der Waals surface area (Å²) in [7, 11) is 0. The van der Waals surface area contributed by atoms with Gasteiger partial charge in [0.25, 0.3) is 0 Å². The molecule has 6 rings (SSSR count). The highest BCUT2D eigenvalue weighted by Gasteiger charge is 2.24. The molecule has 0 aliphatic heterocycles. The van der Waals surface area contributed by atoms with Crippen molar-refractivity contribution in [2.75, 3.05) is 0 Å². The van der Waals surface area contributed by atoms with Gasteiger partial charge >= 0.3 is 0 Å². The molecule has 0 aliphatic carbocycles. The van der Waals surface area contributed by atoms with Crippen molar-refractivity contribution in [3.8, 4) is 5.69 Å². The number of halogens is 2. The second-order valence-electron chi connectivity index (χ2n) is 11.8. The van der Waals surface area contributed by atoms with Crippen molar-refractivity contribution in [2.45, 2.75) is 52.4 Å². The summed E-state index contributed by atoms with van der Waals surface area (Å²) in [6.07, 6.45) is 0. The Kier molecular flexibility index (Phi) is 5.27. The number of nitrogens with zero attached hydrogens (tertiary/aromatic N) is 1. The molecule has 2 nitrogen and oxygen atoms in total. The highest BCUT2D eigenvalue weighted by atomic mass is 79.9. The minimum Gasteiger partial charge on any atom is -0.456 e. The summed E-state index contributed by atoms with van der Waals surface area (Å²) >= 11 is 7.93. The minimum atomic E-state index is 0.0389. The maximum Gasteiger partial charge on any atom is 0.137 e. The Balaban J connectivity index is 1.75. The first-order valence-electron chi connectivity index (χ1n) is 12.3. The minimum absolute atomic E-state index is 0.0389. The lowest BCUT2D eigenvalue weighted by molar-refractivity contribution is 0.590. The van der Waals surface area contributed by atoms with Crippen molar-refractivity contribution in [3.05, 3.63) is 86.8 Å². The SMILES string of the molecule is CC(C)(C)c1cc(Br)c2c(c1)c1cc(C(C)(C)C)cc(Br)c1n2-c1ccc2c(c1)oc1ccccc12. The topological polar surface area (TPSA) is 18.1 Å². The first-order chi connectivity index (χ1) is 16.9. The largest absolute Gasteiger partial charge is 0.456 e. The molecule has 6 aromatic rings. The van der Waals surface area contributed by atoms with E-state index in [1.165, 1.54) is 32.9 Å². The Morgan fingerprint density at radius 2 is 1.11 bits per heavy atom. The zero-order valence-corrected chi connectivity index (χ0v) is 24.6. The lowest BCUT2D eigenvalue weighted by Crippen LogP contribution is -2.11. The molecule has 0 N–H and O–H groups in total. The van der Waals surface area contributed by atoms with Gasteiger partial charge in [-0.1, -0.05) is 59.7 Å². The van der Waals surface area contributed by atoms with Gasteiger partial charge in [-0.3, -0.25) is 0 Å². The molecule has 0 bridgehead atoms. The van der Waals surface area contributed by atoms with Gasteiger partial charge in [-0.25, -0.2) is 0 Å². The van der Waals surface area contributed by atoms with Crippen LogP contribution in [0.25, 0.3) is 49.4 Å². The second kappa shape index (κ2) is 7.97. The molecule has 36 heavy (non-hydrogen) atoms. The van der Waals surface area contributed by atoms with Gasteiger partial charge < -0.3 is 8.98 Å². The molecule has 0 fully saturated rings. The van der Waals surface area contributed by atoms with E-state index in [1.54, 1.807) is 0 Å². The monoisotopic (exact) mass is 601 g/mol. The number of aromatic nitrogens is 1. The molecule has 0 spiro atoms. The first-order valence-corrected chi connectivity index (χ1v) is 13.9. The Labute approximate surface area is 228 Å². The predicted molar refractivity (Wildman–Crippen MR) is 161 cm³/mol. The average molecular weight is 603 g/mol. The summed E-state index contributed by atoms with van der Waals surface area (Å²) in [6.45, 7) is 13.6. The van der Waals surface area contributed by atoms with Gasteiger partial charge in [0.2, 0.25) is 0 Å². The van der Waals surface area contributed by atoms with Crippen LogP contribution in [0.3, 0.4) is 0 Å². The lowest BCUT2D eigenvalue weighted by atomic mass is 9.85. The summed E-state index contributed by atoms with van der Waals surface area (Å²) in [5.74, 6) is 0. The van der Waals surface area contributed by atoms with Crippen LogP contribution in [0.4, 0.5) is 0 Å². The van der Waals surface area contributed by atoms with Crippen LogP contribution in [0.15, 0.2) is 80.1 Å². The maximum absolute atomic E-state index is 6.27. The molecule has 0 unspecified atom stereocenters. The average Bonchev–Trinajstić information content (AvgIpc) is 3.34. The molecule has 0 atom stereocenters. The van der Waals surface area contributed by atoms with Crippen LogP contribution in [-0.2, 0) is 10.8 Å². The fraction of sp³-hybridized carbons (Fsp3) is 0.250. The molecular formula is C32H29Br2NO. The van der Waals surface area contributed by atoms with E-state index in [1.807, 2.05) is 12.1 Å². The Bertz CT molecular complexity index is 1750. The fourth-order valence-electron chi connectivity index (χ4n) is 5.15. The molecule has 0 saturated carbocycles. The van der Waals surface area contributed by atoms with Gasteiger partial charge in [-0.05, 0) is 96.3 Å². The standard InChI is InChI=1S/C32H29Br2NO/c1-31(2,3)18-13-23-24-14-19(32(4,5)6)16-26(34)30(24)35(29(23)25(33)15-18)20-11-12-22-21-9-7-8-10-27(21)36-28(22)17-20/h7-17H,1-6H3. The number of hydrogen-bond donors (Lipinski definition) is 0. The molecule has 182 valence electrons. The highest BCUT2D eigenvalue weighted by Crippen LogP contribution is 2.44. The van der Waals surface area contributed by atoms with E-state index in [0.717, 1.165) is 36.6 Å². The summed E-state index contributed by atoms with van der Waals surface area (Å²) in [4.78, 5) is 0. The predicted octanol–water partition coefficient (Wildman–Crippen LogP) is 10.8. The van der Waals surface area contributed by atoms with Crippen molar-refractivity contribution < 1.29 is 4.42 Å². The summed E-state index contributed by atoms with van der Waals surface area (Å²) in [5.41, 5.74) is 7.92. The summed E-state index contributed by atoms with van der Waals surface area (Å²) < 4.78 is 10.8. The molecule has 2 heterocycles. The number of fused-ring (bicyclic) bond motifs is 6. The molecule has 0 radical (unpaired) electrons. The van der Waals surface area contributed by atoms with E-state index in [-0.39, 0.29) is 10.8 Å². The van der Waals surface area contributed by atoms with E-state index in [4.69, 9.17) is 4.42 Å². The second-order valence-corrected chi connectivity index (χ2v) is 13.5. The molecule has 0 saturated heterocycles. The quantitative estimate of drug-likeness (QED) is 0.183. The smallest absolute Gasteiger partial charge is 0.137 e. The maximum atomic E-state index is 6.27. The first kappa shape index (κ1) is 23.8. The van der Waals surface area contributed by atoms with Crippen LogP contribution in [0.5, 0.6) is 0 Å². The van der Waals surface area contributed by atoms with Crippen LogP contribution in [0.2, 0.25) is 0 Å². The molecule has 2 aromatic heterocycles. The van der Waals surface area contributed by atoms with Gasteiger partial charge in [-0.15, -0.1) is 0 Å². The highest BCUT2D eigenvalue weighted by molar-refractivity contribution is 9.11. The van der Waals surface area contributed by atoms with E-state index < -0.39 is 0 Å². The van der Waals surface area contributed by atoms with E-state index in [9.17, 15) is 0 Å². The third kappa shape index (κ3) is 3.64. The Hall–Kier alpha value is -2.56. The molecule has 4 heteroatoms. The summed E-state index contributed by atoms with van der Waals surface area (Å²) in [5, 5.41) is 4.79. The van der Waals surface area contributed by atoms with Crippen LogP contribution >= 0.6 is 31.9 Å². The van der Waals surface area contributed by atoms with Crippen molar-refractivity contribution in [2.24, 2.45) is 0 Å². The zero-order chi connectivity index (χ0) is 25.6. The fourth-order valence-corrected chi connectivity index (χ4v) is 6.43. The van der Waals surface area contributed by atoms with Gasteiger partial charge in [0.1, 0.15) is 11.2 Å². The number of hydrogen-bond acceptors (Lipinski definition) is 1. The number of para-hydroxylation sites is 1. The van der Waals surface area contributed by atoms with Gasteiger partial charge in [-0.2, -0.15) is 0 Å².